The predicted octanol–water partition coefficient (Wildman–Crippen LogP) is 1.12. The number of carbonyl (C=O) groups is 1. The van der Waals surface area contributed by atoms with Crippen LogP contribution in [0.15, 0.2) is 23.1 Å². The zero-order valence-electron chi connectivity index (χ0n) is 11.6. The van der Waals surface area contributed by atoms with E-state index in [0.717, 1.165) is 22.9 Å². The number of anilines is 1. The van der Waals surface area contributed by atoms with Gasteiger partial charge in [0, 0.05) is 12.2 Å². The van der Waals surface area contributed by atoms with Crippen LogP contribution >= 0.6 is 0 Å². The van der Waals surface area contributed by atoms with E-state index in [1.807, 2.05) is 0 Å². The van der Waals surface area contributed by atoms with Gasteiger partial charge in [0.2, 0.25) is 10.0 Å². The standard InChI is InChI=1S/C13H17FN2O4S/c1-20-13(17)12-4-2-3-5-16(12)21(18,19)11-7-9(14)6-10(15)8-11/h6-8,12H,2-5,15H2,1H3. The van der Waals surface area contributed by atoms with E-state index in [9.17, 15) is 17.6 Å². The van der Waals surface area contributed by atoms with E-state index in [1.165, 1.54) is 13.2 Å². The number of esters is 1. The van der Waals surface area contributed by atoms with Crippen molar-refractivity contribution in [3.05, 3.63) is 24.0 Å². The largest absolute Gasteiger partial charge is 0.468 e. The molecule has 2 rings (SSSR count). The number of sulfonamides is 1. The Morgan fingerprint density at radius 1 is 1.38 bits per heavy atom. The molecule has 1 fully saturated rings. The van der Waals surface area contributed by atoms with Gasteiger partial charge in [0.25, 0.3) is 0 Å². The Labute approximate surface area is 122 Å². The SMILES string of the molecule is COC(=O)C1CCCCN1S(=O)(=O)c1cc(N)cc(F)c1. The molecule has 1 aliphatic heterocycles. The number of benzene rings is 1. The quantitative estimate of drug-likeness (QED) is 0.667. The van der Waals surface area contributed by atoms with Crippen LogP contribution in [-0.4, -0.2) is 38.4 Å². The highest BCUT2D eigenvalue weighted by Gasteiger charge is 2.38. The van der Waals surface area contributed by atoms with Gasteiger partial charge in [-0.2, -0.15) is 4.31 Å². The van der Waals surface area contributed by atoms with Crippen molar-refractivity contribution in [1.82, 2.24) is 4.31 Å². The van der Waals surface area contributed by atoms with Gasteiger partial charge in [-0.05, 0) is 37.5 Å². The third-order valence-corrected chi connectivity index (χ3v) is 5.31. The minimum absolute atomic E-state index is 0.0141. The van der Waals surface area contributed by atoms with Crippen molar-refractivity contribution >= 4 is 21.7 Å². The monoisotopic (exact) mass is 316 g/mol. The first-order chi connectivity index (χ1) is 9.86. The molecule has 0 radical (unpaired) electrons. The Bertz CT molecular complexity index is 627. The van der Waals surface area contributed by atoms with Crippen molar-refractivity contribution in [3.8, 4) is 0 Å². The molecule has 2 N–H and O–H groups in total. The fourth-order valence-corrected chi connectivity index (χ4v) is 4.15. The van der Waals surface area contributed by atoms with Gasteiger partial charge < -0.3 is 10.5 Å². The third kappa shape index (κ3) is 3.16. The van der Waals surface area contributed by atoms with Crippen molar-refractivity contribution in [3.63, 3.8) is 0 Å². The number of methoxy groups -OCH3 is 1. The highest BCUT2D eigenvalue weighted by atomic mass is 32.2. The van der Waals surface area contributed by atoms with Gasteiger partial charge in [-0.25, -0.2) is 12.8 Å². The summed E-state index contributed by atoms with van der Waals surface area (Å²) in [5.74, 6) is -1.34. The lowest BCUT2D eigenvalue weighted by Gasteiger charge is -2.32. The fraction of sp³-hybridized carbons (Fsp3) is 0.462. The number of nitrogen functional groups attached to an aromatic ring is 1. The lowest BCUT2D eigenvalue weighted by molar-refractivity contribution is -0.146. The van der Waals surface area contributed by atoms with Crippen molar-refractivity contribution in [2.24, 2.45) is 0 Å². The number of hydrogen-bond donors (Lipinski definition) is 1. The van der Waals surface area contributed by atoms with E-state index < -0.39 is 27.9 Å². The maximum Gasteiger partial charge on any atom is 0.324 e. The van der Waals surface area contributed by atoms with Crippen molar-refractivity contribution in [2.75, 3.05) is 19.4 Å². The number of nitrogens with two attached hydrogens (primary N) is 1. The lowest BCUT2D eigenvalue weighted by atomic mass is 10.1. The van der Waals surface area contributed by atoms with Crippen molar-refractivity contribution in [1.29, 1.82) is 0 Å². The van der Waals surface area contributed by atoms with E-state index in [2.05, 4.69) is 4.74 Å². The molecule has 0 spiro atoms. The first-order valence-electron chi connectivity index (χ1n) is 6.52. The number of carbonyl (C=O) groups excluding carboxylic acids is 1. The first-order valence-corrected chi connectivity index (χ1v) is 7.96. The smallest absolute Gasteiger partial charge is 0.324 e. The van der Waals surface area contributed by atoms with E-state index in [0.29, 0.717) is 12.8 Å². The van der Waals surface area contributed by atoms with Gasteiger partial charge in [-0.1, -0.05) is 0 Å². The summed E-state index contributed by atoms with van der Waals surface area (Å²) in [5.41, 5.74) is 5.51. The zero-order valence-corrected chi connectivity index (χ0v) is 12.4. The van der Waals surface area contributed by atoms with Crippen LogP contribution in [0.2, 0.25) is 0 Å². The van der Waals surface area contributed by atoms with Gasteiger partial charge in [-0.15, -0.1) is 0 Å². The molecule has 1 heterocycles. The average molecular weight is 316 g/mol. The maximum atomic E-state index is 13.4. The maximum absolute atomic E-state index is 13.4. The molecule has 1 aliphatic rings. The minimum Gasteiger partial charge on any atom is -0.468 e. The van der Waals surface area contributed by atoms with Crippen LogP contribution in [-0.2, 0) is 19.6 Å². The van der Waals surface area contributed by atoms with Gasteiger partial charge in [0.15, 0.2) is 0 Å². The number of nitrogens with zero attached hydrogens (tertiary/aromatic N) is 1. The first kappa shape index (κ1) is 15.7. The lowest BCUT2D eigenvalue weighted by Crippen LogP contribution is -2.48. The average Bonchev–Trinajstić information content (AvgIpc) is 2.45. The summed E-state index contributed by atoms with van der Waals surface area (Å²) in [7, 11) is -2.79. The highest BCUT2D eigenvalue weighted by Crippen LogP contribution is 2.27. The molecule has 1 aromatic rings. The second kappa shape index (κ2) is 5.98. The van der Waals surface area contributed by atoms with Crippen LogP contribution in [0, 0.1) is 5.82 Å². The predicted molar refractivity (Wildman–Crippen MR) is 74.4 cm³/mol. The van der Waals surface area contributed by atoms with Crippen LogP contribution in [0.5, 0.6) is 0 Å². The number of rotatable bonds is 3. The van der Waals surface area contributed by atoms with Crippen LogP contribution in [0.4, 0.5) is 10.1 Å². The third-order valence-electron chi connectivity index (χ3n) is 3.43. The van der Waals surface area contributed by atoms with Crippen LogP contribution in [0.1, 0.15) is 19.3 Å². The van der Waals surface area contributed by atoms with E-state index in [1.54, 1.807) is 0 Å². The Morgan fingerprint density at radius 3 is 2.71 bits per heavy atom. The summed E-state index contributed by atoms with van der Waals surface area (Å²) in [6, 6.07) is 2.24. The molecule has 21 heavy (non-hydrogen) atoms. The Morgan fingerprint density at radius 2 is 2.10 bits per heavy atom. The Hall–Kier alpha value is -1.67. The molecule has 0 saturated carbocycles. The van der Waals surface area contributed by atoms with Gasteiger partial charge in [0.1, 0.15) is 11.9 Å². The van der Waals surface area contributed by atoms with E-state index in [-0.39, 0.29) is 17.1 Å². The molecule has 1 saturated heterocycles. The van der Waals surface area contributed by atoms with Crippen molar-refractivity contribution in [2.45, 2.75) is 30.2 Å². The number of hydrogen-bond acceptors (Lipinski definition) is 5. The second-order valence-electron chi connectivity index (χ2n) is 4.87. The normalized spacial score (nSPS) is 20.2. The second-order valence-corrected chi connectivity index (χ2v) is 6.76. The molecule has 0 amide bonds. The number of halogens is 1. The molecule has 1 atom stereocenters. The Balaban J connectivity index is 2.42. The summed E-state index contributed by atoms with van der Waals surface area (Å²) < 4.78 is 44.4. The molecule has 1 aromatic carbocycles. The number of piperidine rings is 1. The fourth-order valence-electron chi connectivity index (χ4n) is 2.43. The molecule has 1 unspecified atom stereocenters. The van der Waals surface area contributed by atoms with Gasteiger partial charge in [0.05, 0.1) is 12.0 Å². The summed E-state index contributed by atoms with van der Waals surface area (Å²) in [4.78, 5) is 11.5. The molecular weight excluding hydrogens is 299 g/mol. The zero-order chi connectivity index (χ0) is 15.6. The Kier molecular flexibility index (Phi) is 4.48. The van der Waals surface area contributed by atoms with Crippen LogP contribution < -0.4 is 5.73 Å². The minimum atomic E-state index is -4.00. The highest BCUT2D eigenvalue weighted by molar-refractivity contribution is 7.89. The van der Waals surface area contributed by atoms with E-state index >= 15 is 0 Å². The van der Waals surface area contributed by atoms with E-state index in [4.69, 9.17) is 5.73 Å². The van der Waals surface area contributed by atoms with Gasteiger partial charge in [-0.3, -0.25) is 4.79 Å². The van der Waals surface area contributed by atoms with Crippen molar-refractivity contribution < 1.29 is 22.3 Å². The summed E-state index contributed by atoms with van der Waals surface area (Å²) in [6.45, 7) is 0.193. The summed E-state index contributed by atoms with van der Waals surface area (Å²) in [5, 5.41) is 0. The van der Waals surface area contributed by atoms with Crippen LogP contribution in [0.25, 0.3) is 0 Å². The summed E-state index contributed by atoms with van der Waals surface area (Å²) >= 11 is 0. The number of ether oxygens (including phenoxy) is 1. The molecule has 8 heteroatoms. The molecule has 0 aliphatic carbocycles. The summed E-state index contributed by atoms with van der Waals surface area (Å²) in [6.07, 6.45) is 1.76. The molecular formula is C13H17FN2O4S. The molecule has 6 nitrogen and oxygen atoms in total. The topological polar surface area (TPSA) is 89.7 Å². The van der Waals surface area contributed by atoms with Crippen LogP contribution in [0.3, 0.4) is 0 Å². The molecule has 0 aromatic heterocycles. The molecule has 0 bridgehead atoms. The molecule has 116 valence electrons. The van der Waals surface area contributed by atoms with Gasteiger partial charge >= 0.3 is 5.97 Å².